The van der Waals surface area contributed by atoms with Gasteiger partial charge in [-0.3, -0.25) is 0 Å². The van der Waals surface area contributed by atoms with Crippen LogP contribution in [0.4, 0.5) is 0 Å². The van der Waals surface area contributed by atoms with E-state index in [0.29, 0.717) is 60.4 Å². The molecule has 0 radical (unpaired) electrons. The second-order valence-electron chi connectivity index (χ2n) is 19.7. The van der Waals surface area contributed by atoms with Crippen LogP contribution in [0.2, 0.25) is 0 Å². The molecule has 70 heavy (non-hydrogen) atoms. The van der Waals surface area contributed by atoms with Gasteiger partial charge in [-0.05, 0) is 0 Å². The van der Waals surface area contributed by atoms with Gasteiger partial charge in [0.05, 0.1) is 0 Å². The van der Waals surface area contributed by atoms with Crippen molar-refractivity contribution in [3.63, 3.8) is 0 Å². The first-order valence-corrected chi connectivity index (χ1v) is 25.5. The summed E-state index contributed by atoms with van der Waals surface area (Å²) in [6.07, 6.45) is 4.57. The second kappa shape index (κ2) is 71.5. The monoisotopic (exact) mass is 1260 g/mol. The first-order valence-electron chi connectivity index (χ1n) is 25.5. The van der Waals surface area contributed by atoms with Crippen molar-refractivity contribution in [2.45, 2.75) is 263 Å². The van der Waals surface area contributed by atoms with Crippen LogP contribution >= 0.6 is 0 Å². The zero-order valence-electron chi connectivity index (χ0n) is 49.9. The van der Waals surface area contributed by atoms with Crippen molar-refractivity contribution in [1.82, 2.24) is 0 Å². The van der Waals surface area contributed by atoms with Gasteiger partial charge in [-0.2, -0.15) is 103 Å². The van der Waals surface area contributed by atoms with E-state index in [1.807, 2.05) is 21.0 Å². The van der Waals surface area contributed by atoms with Crippen LogP contribution in [0.1, 0.15) is 192 Å². The first-order chi connectivity index (χ1) is 29.6. The summed E-state index contributed by atoms with van der Waals surface area (Å²) in [5.41, 5.74) is 0.133. The van der Waals surface area contributed by atoms with E-state index >= 15 is 0 Å². The Labute approximate surface area is 501 Å². The molecule has 18 heteroatoms. The van der Waals surface area contributed by atoms with Gasteiger partial charge in [0.2, 0.25) is 0 Å². The van der Waals surface area contributed by atoms with Crippen LogP contribution in [0.15, 0.2) is 0 Å². The van der Waals surface area contributed by atoms with E-state index in [9.17, 15) is 0 Å². The fraction of sp³-hybridized carbons (Fsp3) is 1.00. The van der Waals surface area contributed by atoms with E-state index in [4.69, 9.17) is 0 Å². The molecule has 0 aliphatic rings. The fourth-order valence-electron chi connectivity index (χ4n) is 4.95. The molecule has 0 amide bonds. The number of nitrogens with zero attached hydrogens (tertiary/aromatic N) is 12. The Bertz CT molecular complexity index is 879. The van der Waals surface area contributed by atoms with Crippen molar-refractivity contribution in [2.75, 3.05) is 79.5 Å². The Balaban J connectivity index is -0.0000000572. The average molecular weight is 1260 g/mol. The van der Waals surface area contributed by atoms with E-state index in [1.165, 1.54) is 0 Å². The molecular weight excluding hydrogens is 1140 g/mol. The fourth-order valence-corrected chi connectivity index (χ4v) is 4.95. The topological polar surface area (TPSA) is 169 Å². The molecule has 8 unspecified atom stereocenters. The standard InChI is InChI=1S/2C11H24N2.2C9H20N2.C7H16N2.C5H12N2.6Ni/c1-9(13-11(5,6)7)8-12-10(2,3)4;1-6-9(3)12-8-11(5)13-10(4)7-2;1-7(2)10-6-9(5)11-8(3)4;1-4-6-10-8-9(3)11-7-5-2;1-4-8-6-7(3)9-5-2;1-5(7-3)4-6-2;;;;;;/h9H,8H2,1-7H3;9-11H,6-8H2,1-5H3;7-9H,6H2,1-5H3;9H,4-8H2,1-3H3;7H,4-6H2,1-3H3;5H,4H2,1-3H3;;;;;;/q6*-2;6*+2. The van der Waals surface area contributed by atoms with E-state index in [2.05, 4.69) is 223 Å². The molecule has 0 aliphatic heterocycles. The van der Waals surface area contributed by atoms with Crippen LogP contribution in [-0.4, -0.2) is 151 Å². The van der Waals surface area contributed by atoms with Gasteiger partial charge in [-0.15, -0.1) is 48.3 Å². The second-order valence-corrected chi connectivity index (χ2v) is 19.7. The Morgan fingerprint density at radius 3 is 1.17 bits per heavy atom. The minimum absolute atomic E-state index is 0. The maximum Gasteiger partial charge on any atom is 2.00 e. The summed E-state index contributed by atoms with van der Waals surface area (Å²) >= 11 is 0. The summed E-state index contributed by atoms with van der Waals surface area (Å²) in [6.45, 7) is 60.0. The molecule has 0 aromatic rings. The summed E-state index contributed by atoms with van der Waals surface area (Å²) in [7, 11) is 3.62. The van der Waals surface area contributed by atoms with Crippen LogP contribution in [0.3, 0.4) is 0 Å². The molecule has 0 rings (SSSR count). The van der Waals surface area contributed by atoms with Crippen LogP contribution in [0, 0.1) is 0 Å². The van der Waals surface area contributed by atoms with E-state index in [1.54, 1.807) is 0 Å². The van der Waals surface area contributed by atoms with Gasteiger partial charge in [0.1, 0.15) is 0 Å². The third-order valence-corrected chi connectivity index (χ3v) is 8.54. The minimum atomic E-state index is 0. The number of likely N-dealkylation sites (N-methyl/N-ethyl adjacent to an activating group) is 4. The zero-order valence-corrected chi connectivity index (χ0v) is 55.9. The summed E-state index contributed by atoms with van der Waals surface area (Å²) in [5.74, 6) is 0. The van der Waals surface area contributed by atoms with Crippen molar-refractivity contribution < 1.29 is 98.9 Å². The molecule has 444 valence electrons. The van der Waals surface area contributed by atoms with Crippen LogP contribution in [-0.2, 0) is 98.9 Å². The van der Waals surface area contributed by atoms with Gasteiger partial charge < -0.3 is 63.8 Å². The van der Waals surface area contributed by atoms with Crippen LogP contribution in [0.25, 0.3) is 63.8 Å². The molecule has 0 saturated carbocycles. The Hall–Kier alpha value is 2.48. The quantitative estimate of drug-likeness (QED) is 0.0493. The summed E-state index contributed by atoms with van der Waals surface area (Å²) in [5, 5.41) is 52.3. The molecule has 0 aliphatic carbocycles. The zero-order chi connectivity index (χ0) is 51.2. The Morgan fingerprint density at radius 1 is 0.357 bits per heavy atom. The first kappa shape index (κ1) is 101. The molecule has 0 N–H and O–H groups in total. The molecule has 8 atom stereocenters. The largest absolute Gasteiger partial charge is 2.00 e. The third-order valence-electron chi connectivity index (χ3n) is 8.54. The van der Waals surface area contributed by atoms with Gasteiger partial charge >= 0.3 is 98.9 Å². The predicted molar refractivity (Wildman–Crippen MR) is 299 cm³/mol. The summed E-state index contributed by atoms with van der Waals surface area (Å²) in [6, 6.07) is 4.24. The Kier molecular flexibility index (Phi) is 103. The summed E-state index contributed by atoms with van der Waals surface area (Å²) in [4.78, 5) is 0. The molecular formula is C52H116N12Ni6. The molecule has 0 heterocycles. The van der Waals surface area contributed by atoms with Crippen molar-refractivity contribution >= 4 is 0 Å². The normalized spacial score (nSPS) is 13.9. The molecule has 12 nitrogen and oxygen atoms in total. The number of rotatable bonds is 30. The average Bonchev–Trinajstić information content (AvgIpc) is 3.20. The smallest absolute Gasteiger partial charge is 0.666 e. The molecule has 0 spiro atoms. The molecule has 0 saturated heterocycles. The van der Waals surface area contributed by atoms with Crippen molar-refractivity contribution in [3.8, 4) is 0 Å². The number of hydrogen-bond donors (Lipinski definition) is 0. The minimum Gasteiger partial charge on any atom is -0.666 e. The van der Waals surface area contributed by atoms with Crippen LogP contribution < -0.4 is 0 Å². The predicted octanol–water partition coefficient (Wildman–Crippen LogP) is 16.8. The number of hydrogen-bond acceptors (Lipinski definition) is 0. The molecule has 0 fully saturated rings. The van der Waals surface area contributed by atoms with E-state index in [-0.39, 0.29) is 110 Å². The van der Waals surface area contributed by atoms with Crippen LogP contribution in [0.5, 0.6) is 0 Å². The van der Waals surface area contributed by atoms with Crippen molar-refractivity contribution in [1.29, 1.82) is 0 Å². The van der Waals surface area contributed by atoms with Crippen molar-refractivity contribution in [2.24, 2.45) is 0 Å². The summed E-state index contributed by atoms with van der Waals surface area (Å²) < 4.78 is 0. The SMILES string of the molecule is CC(C)[N-]CC(C)[N-]C(C)C.CC(C[N-]C(C)(C)C)[N-]C(C)(C)C.CCC(C)[N-]CC(C)[N-]C(C)CC.CCC[N-]CC(C)[N-]CCC.CC[N-]CC(C)[N-]CC.C[N-]CC(C)[N-]C.[Ni+2].[Ni+2].[Ni+2].[Ni+2].[Ni+2].[Ni+2]. The molecule has 0 bridgehead atoms. The molecule has 0 aromatic carbocycles. The van der Waals surface area contributed by atoms with E-state index in [0.717, 1.165) is 91.1 Å². The Morgan fingerprint density at radius 2 is 0.814 bits per heavy atom. The van der Waals surface area contributed by atoms with Gasteiger partial charge in [0.15, 0.2) is 0 Å². The maximum absolute atomic E-state index is 4.62. The maximum atomic E-state index is 4.62. The van der Waals surface area contributed by atoms with Gasteiger partial charge in [0.25, 0.3) is 0 Å². The van der Waals surface area contributed by atoms with E-state index < -0.39 is 0 Å². The van der Waals surface area contributed by atoms with Gasteiger partial charge in [-0.25, -0.2) is 0 Å². The molecule has 0 aromatic heterocycles. The van der Waals surface area contributed by atoms with Gasteiger partial charge in [-0.1, -0.05) is 192 Å². The third kappa shape index (κ3) is 107. The van der Waals surface area contributed by atoms with Gasteiger partial charge in [0, 0.05) is 0 Å². The van der Waals surface area contributed by atoms with Crippen molar-refractivity contribution in [3.05, 3.63) is 63.8 Å².